The molecule has 1 aliphatic carbocycles. The van der Waals surface area contributed by atoms with Crippen molar-refractivity contribution in [1.29, 1.82) is 0 Å². The van der Waals surface area contributed by atoms with Gasteiger partial charge in [-0.1, -0.05) is 6.42 Å². The molecule has 0 spiro atoms. The molecule has 4 N–H and O–H groups in total. The average Bonchev–Trinajstić information content (AvgIpc) is 2.62. The van der Waals surface area contributed by atoms with Gasteiger partial charge in [-0.2, -0.15) is 0 Å². The van der Waals surface area contributed by atoms with E-state index in [9.17, 15) is 14.7 Å². The second-order valence-electron chi connectivity index (χ2n) is 4.74. The molecule has 0 aromatic heterocycles. The summed E-state index contributed by atoms with van der Waals surface area (Å²) < 4.78 is 4.79. The lowest BCUT2D eigenvalue weighted by Gasteiger charge is -2.28. The Bertz CT molecular complexity index is 308. The first-order chi connectivity index (χ1) is 7.91. The van der Waals surface area contributed by atoms with Gasteiger partial charge in [0.15, 0.2) is 0 Å². The normalized spacial score (nSPS) is 29.9. The molecule has 1 fully saturated rings. The highest BCUT2D eigenvalue weighted by molar-refractivity contribution is 5.83. The molecule has 0 aromatic carbocycles. The van der Waals surface area contributed by atoms with Crippen molar-refractivity contribution < 1.29 is 19.4 Å². The minimum absolute atomic E-state index is 0.127. The largest absolute Gasteiger partial charge is 0.481 e. The number of rotatable bonds is 5. The highest BCUT2D eigenvalue weighted by Gasteiger charge is 2.46. The first-order valence-corrected chi connectivity index (χ1v) is 5.70. The van der Waals surface area contributed by atoms with E-state index >= 15 is 0 Å². The van der Waals surface area contributed by atoms with Crippen LogP contribution in [0.4, 0.5) is 0 Å². The zero-order chi connectivity index (χ0) is 13.1. The van der Waals surface area contributed by atoms with Crippen LogP contribution in [0.1, 0.15) is 26.2 Å². The highest BCUT2D eigenvalue weighted by atomic mass is 16.5. The van der Waals surface area contributed by atoms with Crippen LogP contribution >= 0.6 is 0 Å². The van der Waals surface area contributed by atoms with E-state index in [1.807, 2.05) is 0 Å². The SMILES string of the molecule is COCC(N)C(=O)NC1CCCC1(C)C(=O)O. The van der Waals surface area contributed by atoms with Crippen LogP contribution in [-0.2, 0) is 14.3 Å². The molecule has 1 rings (SSSR count). The van der Waals surface area contributed by atoms with Crippen LogP contribution in [0.2, 0.25) is 0 Å². The molecule has 3 atom stereocenters. The van der Waals surface area contributed by atoms with Gasteiger partial charge in [0.1, 0.15) is 6.04 Å². The van der Waals surface area contributed by atoms with Gasteiger partial charge >= 0.3 is 5.97 Å². The standard InChI is InChI=1S/C11H20N2O4/c1-11(10(15)16)5-3-4-8(11)13-9(14)7(12)6-17-2/h7-8H,3-6,12H2,1-2H3,(H,13,14)(H,15,16). The van der Waals surface area contributed by atoms with Gasteiger partial charge in [0.25, 0.3) is 0 Å². The molecule has 17 heavy (non-hydrogen) atoms. The van der Waals surface area contributed by atoms with Gasteiger partial charge in [-0.3, -0.25) is 9.59 Å². The number of ether oxygens (including phenoxy) is 1. The maximum Gasteiger partial charge on any atom is 0.311 e. The molecule has 6 nitrogen and oxygen atoms in total. The molecule has 98 valence electrons. The molecule has 0 aromatic rings. The summed E-state index contributed by atoms with van der Waals surface area (Å²) in [7, 11) is 1.46. The minimum atomic E-state index is -0.886. The molecule has 0 radical (unpaired) electrons. The fourth-order valence-corrected chi connectivity index (χ4v) is 2.19. The number of methoxy groups -OCH3 is 1. The van der Waals surface area contributed by atoms with E-state index in [4.69, 9.17) is 10.5 Å². The van der Waals surface area contributed by atoms with Crippen molar-refractivity contribution in [3.63, 3.8) is 0 Å². The van der Waals surface area contributed by atoms with Gasteiger partial charge in [-0.15, -0.1) is 0 Å². The van der Waals surface area contributed by atoms with E-state index in [1.54, 1.807) is 6.92 Å². The smallest absolute Gasteiger partial charge is 0.311 e. The van der Waals surface area contributed by atoms with Crippen LogP contribution in [0, 0.1) is 5.41 Å². The van der Waals surface area contributed by atoms with Crippen molar-refractivity contribution in [3.05, 3.63) is 0 Å². The van der Waals surface area contributed by atoms with Crippen molar-refractivity contribution in [3.8, 4) is 0 Å². The van der Waals surface area contributed by atoms with Gasteiger partial charge in [-0.05, 0) is 19.8 Å². The second kappa shape index (κ2) is 5.46. The molecule has 6 heteroatoms. The summed E-state index contributed by atoms with van der Waals surface area (Å²) in [6.45, 7) is 1.79. The molecule has 0 aliphatic heterocycles. The Kier molecular flexibility index (Phi) is 4.47. The third kappa shape index (κ3) is 2.95. The van der Waals surface area contributed by atoms with E-state index in [0.29, 0.717) is 12.8 Å². The van der Waals surface area contributed by atoms with E-state index in [-0.39, 0.29) is 18.6 Å². The number of carboxylic acid groups (broad SMARTS) is 1. The molecule has 1 saturated carbocycles. The Hall–Kier alpha value is -1.14. The summed E-state index contributed by atoms with van der Waals surface area (Å²) in [5.41, 5.74) is 4.70. The monoisotopic (exact) mass is 244 g/mol. The van der Waals surface area contributed by atoms with Crippen LogP contribution in [-0.4, -0.2) is 42.8 Å². The second-order valence-corrected chi connectivity index (χ2v) is 4.74. The fraction of sp³-hybridized carbons (Fsp3) is 0.818. The number of aliphatic carboxylic acids is 1. The zero-order valence-electron chi connectivity index (χ0n) is 10.2. The third-order valence-electron chi connectivity index (χ3n) is 3.45. The lowest BCUT2D eigenvalue weighted by molar-refractivity contribution is -0.149. The molecule has 1 aliphatic rings. The van der Waals surface area contributed by atoms with Gasteiger partial charge in [0.2, 0.25) is 5.91 Å². The van der Waals surface area contributed by atoms with Crippen molar-refractivity contribution >= 4 is 11.9 Å². The van der Waals surface area contributed by atoms with Crippen molar-refractivity contribution in [1.82, 2.24) is 5.32 Å². The summed E-state index contributed by atoms with van der Waals surface area (Å²) in [5, 5.41) is 11.9. The van der Waals surface area contributed by atoms with Crippen LogP contribution < -0.4 is 11.1 Å². The number of carbonyl (C=O) groups excluding carboxylic acids is 1. The molecule has 1 amide bonds. The van der Waals surface area contributed by atoms with Crippen LogP contribution in [0.5, 0.6) is 0 Å². The molecular weight excluding hydrogens is 224 g/mol. The highest BCUT2D eigenvalue weighted by Crippen LogP contribution is 2.38. The van der Waals surface area contributed by atoms with Gasteiger partial charge < -0.3 is 20.9 Å². The summed E-state index contributed by atoms with van der Waals surface area (Å²) in [5.74, 6) is -1.23. The predicted molar refractivity (Wildman–Crippen MR) is 61.4 cm³/mol. The Morgan fingerprint density at radius 3 is 2.82 bits per heavy atom. The molecular formula is C11H20N2O4. The van der Waals surface area contributed by atoms with E-state index in [1.165, 1.54) is 7.11 Å². The number of hydrogen-bond donors (Lipinski definition) is 3. The topological polar surface area (TPSA) is 102 Å². The van der Waals surface area contributed by atoms with Gasteiger partial charge in [-0.25, -0.2) is 0 Å². The number of nitrogens with two attached hydrogens (primary N) is 1. The van der Waals surface area contributed by atoms with Crippen LogP contribution in [0.15, 0.2) is 0 Å². The average molecular weight is 244 g/mol. The van der Waals surface area contributed by atoms with Gasteiger partial charge in [0, 0.05) is 13.2 Å². The third-order valence-corrected chi connectivity index (χ3v) is 3.45. The first kappa shape index (κ1) is 13.9. The Labute approximate surface area is 101 Å². The summed E-state index contributed by atoms with van der Waals surface area (Å²) >= 11 is 0. The number of carbonyl (C=O) groups is 2. The summed E-state index contributed by atoms with van der Waals surface area (Å²) in [4.78, 5) is 22.9. The molecule has 0 heterocycles. The number of amides is 1. The Balaban J connectivity index is 2.62. The van der Waals surface area contributed by atoms with E-state index < -0.39 is 17.4 Å². The Morgan fingerprint density at radius 1 is 1.65 bits per heavy atom. The Morgan fingerprint density at radius 2 is 2.29 bits per heavy atom. The van der Waals surface area contributed by atoms with Crippen LogP contribution in [0.3, 0.4) is 0 Å². The number of carboxylic acids is 1. The predicted octanol–water partition coefficient (Wildman–Crippen LogP) is -0.280. The minimum Gasteiger partial charge on any atom is -0.481 e. The summed E-state index contributed by atoms with van der Waals surface area (Å²) in [6, 6.07) is -1.10. The number of nitrogens with one attached hydrogen (secondary N) is 1. The van der Waals surface area contributed by atoms with Gasteiger partial charge in [0.05, 0.1) is 12.0 Å². The number of hydrogen-bond acceptors (Lipinski definition) is 4. The molecule has 0 saturated heterocycles. The van der Waals surface area contributed by atoms with E-state index in [0.717, 1.165) is 6.42 Å². The zero-order valence-corrected chi connectivity index (χ0v) is 10.2. The lowest BCUT2D eigenvalue weighted by atomic mass is 9.85. The maximum atomic E-state index is 11.7. The summed E-state index contributed by atoms with van der Waals surface area (Å²) in [6.07, 6.45) is 2.05. The van der Waals surface area contributed by atoms with Crippen molar-refractivity contribution in [2.24, 2.45) is 11.1 Å². The van der Waals surface area contributed by atoms with Crippen molar-refractivity contribution in [2.45, 2.75) is 38.3 Å². The molecule has 3 unspecified atom stereocenters. The molecule has 0 bridgehead atoms. The quantitative estimate of drug-likeness (QED) is 0.617. The fourth-order valence-electron chi connectivity index (χ4n) is 2.19. The van der Waals surface area contributed by atoms with E-state index in [2.05, 4.69) is 5.32 Å². The lowest BCUT2D eigenvalue weighted by Crippen LogP contribution is -2.52. The maximum absolute atomic E-state index is 11.7. The first-order valence-electron chi connectivity index (χ1n) is 5.70. The van der Waals surface area contributed by atoms with Crippen LogP contribution in [0.25, 0.3) is 0 Å². The van der Waals surface area contributed by atoms with Crippen molar-refractivity contribution in [2.75, 3.05) is 13.7 Å².